The molecule has 2 heterocycles. The Hall–Kier alpha value is -3.98. The highest BCUT2D eigenvalue weighted by Crippen LogP contribution is 2.37. The number of aromatic hydroxyl groups is 1. The Kier molecular flexibility index (Phi) is 7.03. The molecular weight excluding hydrogens is 522 g/mol. The number of carbonyl (C=O) groups is 2. The first-order valence-corrected chi connectivity index (χ1v) is 13.2. The van der Waals surface area contributed by atoms with Gasteiger partial charge in [-0.05, 0) is 68.0 Å². The van der Waals surface area contributed by atoms with E-state index in [-0.39, 0.29) is 30.0 Å². The molecule has 0 bridgehead atoms. The van der Waals surface area contributed by atoms with Gasteiger partial charge in [0, 0.05) is 22.7 Å². The van der Waals surface area contributed by atoms with E-state index in [0.29, 0.717) is 35.4 Å². The van der Waals surface area contributed by atoms with Crippen LogP contribution in [0.25, 0.3) is 0 Å². The lowest BCUT2D eigenvalue weighted by Crippen LogP contribution is -2.37. The van der Waals surface area contributed by atoms with E-state index >= 15 is 0 Å². The van der Waals surface area contributed by atoms with Gasteiger partial charge in [-0.3, -0.25) is 9.59 Å². The minimum atomic E-state index is -1.10. The number of pyridine rings is 1. The Bertz CT molecular complexity index is 1530. The summed E-state index contributed by atoms with van der Waals surface area (Å²) in [5, 5.41) is 26.2. The van der Waals surface area contributed by atoms with E-state index in [1.54, 1.807) is 24.3 Å². The molecule has 2 amide bonds. The van der Waals surface area contributed by atoms with Crippen LogP contribution in [0.1, 0.15) is 60.7 Å². The maximum Gasteiger partial charge on any atom is 0.319 e. The van der Waals surface area contributed by atoms with E-state index in [1.165, 1.54) is 4.57 Å². The topological polar surface area (TPSA) is 130 Å². The number of ether oxygens (including phenoxy) is 1. The molecule has 1 aromatic heterocycles. The number of aliphatic carboxylic acids is 1. The van der Waals surface area contributed by atoms with Crippen LogP contribution in [-0.2, 0) is 30.6 Å². The number of benzene rings is 2. The number of carboxylic acids is 1. The second-order valence-electron chi connectivity index (χ2n) is 10.6. The van der Waals surface area contributed by atoms with Gasteiger partial charge < -0.3 is 30.2 Å². The number of hydrogen-bond acceptors (Lipinski definition) is 5. The lowest BCUT2D eigenvalue weighted by Gasteiger charge is -2.20. The van der Waals surface area contributed by atoms with Gasteiger partial charge in [0.2, 0.25) is 0 Å². The maximum absolute atomic E-state index is 13.5. The number of nitrogens with one attached hydrogen (secondary N) is 2. The Labute approximate surface area is 230 Å². The predicted octanol–water partition coefficient (Wildman–Crippen LogP) is 4.80. The van der Waals surface area contributed by atoms with Crippen LogP contribution in [0.15, 0.2) is 47.3 Å². The molecule has 1 aliphatic heterocycles. The zero-order valence-corrected chi connectivity index (χ0v) is 22.5. The van der Waals surface area contributed by atoms with Crippen molar-refractivity contribution in [3.8, 4) is 11.5 Å². The fourth-order valence-electron chi connectivity index (χ4n) is 5.45. The number of carbonyl (C=O) groups excluding carboxylic acids is 1. The summed E-state index contributed by atoms with van der Waals surface area (Å²) in [5.41, 5.74) is 2.41. The second kappa shape index (κ2) is 10.3. The molecule has 0 unspecified atom stereocenters. The number of nitrogens with zero attached hydrogens (tertiary/aromatic N) is 1. The maximum atomic E-state index is 13.5. The first-order valence-electron chi connectivity index (χ1n) is 12.8. The second-order valence-corrected chi connectivity index (χ2v) is 11.0. The van der Waals surface area contributed by atoms with Gasteiger partial charge in [0.25, 0.3) is 5.56 Å². The molecule has 3 aromatic rings. The number of urea groups is 1. The average Bonchev–Trinajstić information content (AvgIpc) is 3.47. The molecule has 0 spiro atoms. The molecule has 5 rings (SSSR count). The van der Waals surface area contributed by atoms with Gasteiger partial charge >= 0.3 is 12.0 Å². The zero-order valence-electron chi connectivity index (χ0n) is 21.7. The van der Waals surface area contributed by atoms with Crippen LogP contribution in [0.5, 0.6) is 11.5 Å². The summed E-state index contributed by atoms with van der Waals surface area (Å²) in [5.74, 6) is -0.631. The monoisotopic (exact) mass is 551 g/mol. The molecular formula is C29H30ClN3O6. The fraction of sp³-hybridized carbons (Fsp3) is 0.345. The standard InChI is InChI=1S/C29H30ClN3O6/c1-29(2)14-18-12-16(10-11-23(18)39-29)21(13-24(34)35)31-28(38)32-25-26(36)19-7-5-9-22(19)33(27(25)37)15-17-6-3-4-8-20(17)30/h3-4,6,8,10-12,21,36H,5,7,9,13-15H2,1-2H3,(H,34,35)(H2,31,32,38)/t21-/m0/s1. The van der Waals surface area contributed by atoms with Crippen LogP contribution in [0.2, 0.25) is 5.02 Å². The van der Waals surface area contributed by atoms with Gasteiger partial charge in [0.05, 0.1) is 19.0 Å². The Balaban J connectivity index is 1.43. The third-order valence-electron chi connectivity index (χ3n) is 7.19. The van der Waals surface area contributed by atoms with Crippen LogP contribution in [-0.4, -0.2) is 32.4 Å². The fourth-order valence-corrected chi connectivity index (χ4v) is 5.64. The zero-order chi connectivity index (χ0) is 27.9. The smallest absolute Gasteiger partial charge is 0.319 e. The SMILES string of the molecule is CC1(C)Cc2cc([C@H](CC(=O)O)NC(=O)Nc3c(O)c4c(n(Cc5ccccc5Cl)c3=O)CCC4)ccc2O1. The van der Waals surface area contributed by atoms with Crippen molar-refractivity contribution in [3.63, 3.8) is 0 Å². The number of hydrogen-bond donors (Lipinski definition) is 4. The van der Waals surface area contributed by atoms with Gasteiger partial charge in [-0.1, -0.05) is 35.9 Å². The van der Waals surface area contributed by atoms with Crippen molar-refractivity contribution in [2.45, 2.75) is 64.1 Å². The molecule has 204 valence electrons. The van der Waals surface area contributed by atoms with Crippen LogP contribution in [0, 0.1) is 0 Å². The average molecular weight is 552 g/mol. The van der Waals surface area contributed by atoms with Crippen LogP contribution in [0.4, 0.5) is 10.5 Å². The number of fused-ring (bicyclic) bond motifs is 2. The molecule has 4 N–H and O–H groups in total. The number of halogens is 1. The molecule has 2 aliphatic rings. The van der Waals surface area contributed by atoms with Crippen molar-refractivity contribution in [2.75, 3.05) is 5.32 Å². The molecule has 0 fully saturated rings. The molecule has 10 heteroatoms. The van der Waals surface area contributed by atoms with Crippen molar-refractivity contribution >= 4 is 29.3 Å². The number of anilines is 1. The lowest BCUT2D eigenvalue weighted by molar-refractivity contribution is -0.137. The summed E-state index contributed by atoms with van der Waals surface area (Å²) in [4.78, 5) is 38.3. The van der Waals surface area contributed by atoms with Crippen molar-refractivity contribution in [1.29, 1.82) is 0 Å². The highest BCUT2D eigenvalue weighted by molar-refractivity contribution is 6.31. The molecule has 0 saturated heterocycles. The lowest BCUT2D eigenvalue weighted by atomic mass is 9.97. The molecule has 2 aromatic carbocycles. The van der Waals surface area contributed by atoms with Crippen LogP contribution < -0.4 is 20.9 Å². The highest BCUT2D eigenvalue weighted by Gasteiger charge is 2.31. The summed E-state index contributed by atoms with van der Waals surface area (Å²) >= 11 is 6.34. The van der Waals surface area contributed by atoms with Crippen LogP contribution >= 0.6 is 11.6 Å². The highest BCUT2D eigenvalue weighted by atomic mass is 35.5. The van der Waals surface area contributed by atoms with Gasteiger partial charge in [0.15, 0.2) is 5.69 Å². The number of carboxylic acid groups (broad SMARTS) is 1. The number of rotatable bonds is 7. The number of amides is 2. The van der Waals surface area contributed by atoms with Gasteiger partial charge in [-0.25, -0.2) is 4.79 Å². The molecule has 1 atom stereocenters. The van der Waals surface area contributed by atoms with E-state index < -0.39 is 23.6 Å². The van der Waals surface area contributed by atoms with Gasteiger partial charge in [0.1, 0.15) is 17.1 Å². The van der Waals surface area contributed by atoms with Gasteiger partial charge in [-0.2, -0.15) is 0 Å². The Morgan fingerprint density at radius 3 is 2.69 bits per heavy atom. The van der Waals surface area contributed by atoms with E-state index in [2.05, 4.69) is 10.6 Å². The first-order chi connectivity index (χ1) is 18.5. The van der Waals surface area contributed by atoms with Crippen molar-refractivity contribution in [1.82, 2.24) is 9.88 Å². The molecule has 39 heavy (non-hydrogen) atoms. The normalized spacial score (nSPS) is 15.7. The van der Waals surface area contributed by atoms with E-state index in [1.807, 2.05) is 32.0 Å². The Morgan fingerprint density at radius 2 is 1.95 bits per heavy atom. The summed E-state index contributed by atoms with van der Waals surface area (Å²) < 4.78 is 7.44. The quantitative estimate of drug-likeness (QED) is 0.334. The summed E-state index contributed by atoms with van der Waals surface area (Å²) in [6.07, 6.45) is 2.23. The predicted molar refractivity (Wildman–Crippen MR) is 147 cm³/mol. The summed E-state index contributed by atoms with van der Waals surface area (Å²) in [6, 6.07) is 10.8. The molecule has 0 saturated carbocycles. The Morgan fingerprint density at radius 1 is 1.18 bits per heavy atom. The minimum absolute atomic E-state index is 0.187. The molecule has 0 radical (unpaired) electrons. The third-order valence-corrected chi connectivity index (χ3v) is 7.56. The first kappa shape index (κ1) is 26.6. The van der Waals surface area contributed by atoms with Crippen molar-refractivity contribution < 1.29 is 24.5 Å². The summed E-state index contributed by atoms with van der Waals surface area (Å²) in [7, 11) is 0. The van der Waals surface area contributed by atoms with E-state index in [0.717, 1.165) is 29.0 Å². The molecule has 9 nitrogen and oxygen atoms in total. The largest absolute Gasteiger partial charge is 0.505 e. The van der Waals surface area contributed by atoms with Gasteiger partial charge in [-0.15, -0.1) is 0 Å². The van der Waals surface area contributed by atoms with E-state index in [9.17, 15) is 24.6 Å². The van der Waals surface area contributed by atoms with E-state index in [4.69, 9.17) is 16.3 Å². The third kappa shape index (κ3) is 5.45. The van der Waals surface area contributed by atoms with Crippen LogP contribution in [0.3, 0.4) is 0 Å². The molecule has 1 aliphatic carbocycles. The van der Waals surface area contributed by atoms with Crippen molar-refractivity contribution in [2.24, 2.45) is 0 Å². The summed E-state index contributed by atoms with van der Waals surface area (Å²) in [6.45, 7) is 4.12. The van der Waals surface area contributed by atoms with Crippen molar-refractivity contribution in [3.05, 3.63) is 85.8 Å². The minimum Gasteiger partial charge on any atom is -0.505 e. The number of aromatic nitrogens is 1.